The number of hydrogen-bond donors (Lipinski definition) is 0. The summed E-state index contributed by atoms with van der Waals surface area (Å²) in [5.41, 5.74) is 0. The number of carbonyl (C=O) groups is 10. The van der Waals surface area contributed by atoms with Crippen molar-refractivity contribution in [2.75, 3.05) is 167 Å². The van der Waals surface area contributed by atoms with E-state index in [4.69, 9.17) is 23.7 Å². The molecule has 5 saturated heterocycles. The third-order valence-electron chi connectivity index (χ3n) is 15.6. The third-order valence-corrected chi connectivity index (χ3v) is 15.6. The first-order valence-corrected chi connectivity index (χ1v) is 34.4. The van der Waals surface area contributed by atoms with Gasteiger partial charge in [0.25, 0.3) is 0 Å². The Hall–Kier alpha value is -6.80. The van der Waals surface area contributed by atoms with Gasteiger partial charge in [0.2, 0.25) is 0 Å². The minimum Gasteiger partial charge on any atom is -0.466 e. The summed E-state index contributed by atoms with van der Waals surface area (Å²) in [7, 11) is 6.31. The minimum atomic E-state index is -0.557. The summed E-state index contributed by atoms with van der Waals surface area (Å²) in [6, 6.07) is 0. The molecule has 25 nitrogen and oxygen atoms in total. The predicted octanol–water partition coefficient (Wildman–Crippen LogP) is 7.62. The first kappa shape index (κ1) is 86.2. The van der Waals surface area contributed by atoms with Crippen molar-refractivity contribution in [3.05, 3.63) is 60.8 Å². The molecule has 5 rings (SSSR count). The highest BCUT2D eigenvalue weighted by atomic mass is 16.6. The molecule has 5 heterocycles. The summed E-state index contributed by atoms with van der Waals surface area (Å²) in [6.45, 7) is 18.9. The van der Waals surface area contributed by atoms with Gasteiger partial charge in [0.05, 0.1) is 62.0 Å². The van der Waals surface area contributed by atoms with Gasteiger partial charge in [-0.25, -0.2) is 47.9 Å². The summed E-state index contributed by atoms with van der Waals surface area (Å²) >= 11 is 0. The number of rotatable bonds is 35. The molecule has 0 aromatic rings. The van der Waals surface area contributed by atoms with E-state index in [0.717, 1.165) is 164 Å². The summed E-state index contributed by atoms with van der Waals surface area (Å²) in [4.78, 5) is 122. The normalized spacial score (nSPS) is 16.5. The average molecular weight is 1350 g/mol. The summed E-state index contributed by atoms with van der Waals surface area (Å²) in [6.07, 6.45) is 40.5. The smallest absolute Gasteiger partial charge is 0.331 e. The Labute approximate surface area is 565 Å². The van der Waals surface area contributed by atoms with Crippen LogP contribution in [0.15, 0.2) is 60.8 Å². The maximum atomic E-state index is 11.2. The lowest BCUT2D eigenvalue weighted by atomic mass is 10.1. The second kappa shape index (κ2) is 60.8. The molecule has 540 valence electrons. The van der Waals surface area contributed by atoms with Crippen molar-refractivity contribution in [3.8, 4) is 0 Å². The number of esters is 10. The molecule has 95 heavy (non-hydrogen) atoms. The van der Waals surface area contributed by atoms with Crippen molar-refractivity contribution in [2.24, 2.45) is 0 Å². The van der Waals surface area contributed by atoms with Crippen LogP contribution in [0.5, 0.6) is 0 Å². The number of ether oxygens (including phenoxy) is 10. The molecular weight excluding hydrogens is 1230 g/mol. The molecule has 0 aliphatic carbocycles. The highest BCUT2D eigenvalue weighted by Crippen LogP contribution is 2.14. The Balaban J connectivity index is 0.000000595. The van der Waals surface area contributed by atoms with Gasteiger partial charge in [-0.15, -0.1) is 0 Å². The quantitative estimate of drug-likeness (QED) is 0.0255. The largest absolute Gasteiger partial charge is 0.466 e. The molecule has 0 aromatic carbocycles. The molecular formula is C70H115N5O20. The number of hydrogen-bond acceptors (Lipinski definition) is 25. The van der Waals surface area contributed by atoms with Crippen LogP contribution < -0.4 is 0 Å². The molecule has 0 radical (unpaired) electrons. The Bertz CT molecular complexity index is 2260. The fourth-order valence-corrected chi connectivity index (χ4v) is 10.3. The standard InChI is InChI=1S/C16H27NO4.C15H25NO4.C14H23NO4.C13H21NO4.C12H19NO4/c1-20-15(18)9-10-16(19)21-14-8-3-2-5-11-17-12-6-4-7-13-17;1-19-14(17)8-9-15(18)20-13-7-3-6-12-16-10-4-2-5-11-16;1-18-13(16)7-8-14(17)19-12-6-5-11-15-9-3-2-4-10-15;1-17-12(15)6-7-13(16)18-11-5-10-14-8-3-2-4-9-14;1-16-11(14)5-6-12(15)17-10-9-13-7-3-2-4-8-13/h9-10H,2-8,11-14H2,1H3;8-9H,2-7,10-13H2,1H3;7-8H,2-6,9-12H2,1H3;6-7H,2-5,8-11H2,1H3;5-6H,2-4,7-10H2,1H3/b10-9+;9-8+;8-7+;7-6+;6-5+. The molecule has 25 heteroatoms. The number of methoxy groups -OCH3 is 5. The van der Waals surface area contributed by atoms with Crippen LogP contribution in [0, 0.1) is 0 Å². The van der Waals surface area contributed by atoms with Crippen molar-refractivity contribution in [1.29, 1.82) is 0 Å². The molecule has 0 N–H and O–H groups in total. The van der Waals surface area contributed by atoms with Gasteiger partial charge in [0.15, 0.2) is 0 Å². The van der Waals surface area contributed by atoms with Crippen LogP contribution in [0.2, 0.25) is 0 Å². The van der Waals surface area contributed by atoms with Crippen molar-refractivity contribution in [3.63, 3.8) is 0 Å². The number of nitrogens with zero attached hydrogens (tertiary/aromatic N) is 5. The molecule has 0 unspecified atom stereocenters. The lowest BCUT2D eigenvalue weighted by Gasteiger charge is -2.26. The predicted molar refractivity (Wildman–Crippen MR) is 358 cm³/mol. The van der Waals surface area contributed by atoms with Gasteiger partial charge in [-0.05, 0) is 201 Å². The highest BCUT2D eigenvalue weighted by Gasteiger charge is 2.14. The zero-order chi connectivity index (χ0) is 69.6. The topological polar surface area (TPSA) is 279 Å². The van der Waals surface area contributed by atoms with Gasteiger partial charge < -0.3 is 67.0 Å². The number of piperidine rings is 5. The fraction of sp³-hybridized carbons (Fsp3) is 0.714. The summed E-state index contributed by atoms with van der Waals surface area (Å²) in [5, 5.41) is 0. The maximum absolute atomic E-state index is 11.2. The van der Waals surface area contributed by atoms with E-state index in [0.29, 0.717) is 33.0 Å². The Kier molecular flexibility index (Phi) is 55.2. The number of likely N-dealkylation sites (tertiary alicyclic amines) is 5. The molecule has 0 atom stereocenters. The second-order valence-corrected chi connectivity index (χ2v) is 23.2. The van der Waals surface area contributed by atoms with E-state index in [2.05, 4.69) is 48.2 Å². The zero-order valence-corrected chi connectivity index (χ0v) is 58.0. The van der Waals surface area contributed by atoms with E-state index in [1.165, 1.54) is 191 Å². The summed E-state index contributed by atoms with van der Waals surface area (Å²) < 4.78 is 46.7. The van der Waals surface area contributed by atoms with Crippen LogP contribution in [0.25, 0.3) is 0 Å². The van der Waals surface area contributed by atoms with Crippen LogP contribution in [0.1, 0.15) is 161 Å². The van der Waals surface area contributed by atoms with E-state index in [1.807, 2.05) is 0 Å². The lowest BCUT2D eigenvalue weighted by molar-refractivity contribution is -0.139. The molecule has 5 fully saturated rings. The van der Waals surface area contributed by atoms with E-state index in [-0.39, 0.29) is 0 Å². The zero-order valence-electron chi connectivity index (χ0n) is 58.0. The maximum Gasteiger partial charge on any atom is 0.331 e. The Morgan fingerprint density at radius 2 is 0.389 bits per heavy atom. The Morgan fingerprint density at radius 3 is 0.653 bits per heavy atom. The fourth-order valence-electron chi connectivity index (χ4n) is 10.3. The Morgan fingerprint density at radius 1 is 0.211 bits per heavy atom. The molecule has 0 bridgehead atoms. The van der Waals surface area contributed by atoms with E-state index < -0.39 is 59.7 Å². The van der Waals surface area contributed by atoms with Gasteiger partial charge in [-0.3, -0.25) is 4.90 Å². The molecule has 0 aromatic heterocycles. The van der Waals surface area contributed by atoms with E-state index in [1.54, 1.807) is 0 Å². The van der Waals surface area contributed by atoms with Gasteiger partial charge in [-0.2, -0.15) is 0 Å². The van der Waals surface area contributed by atoms with Crippen molar-refractivity contribution in [2.45, 2.75) is 161 Å². The second-order valence-electron chi connectivity index (χ2n) is 23.2. The van der Waals surface area contributed by atoms with Crippen LogP contribution in [-0.2, 0) is 95.3 Å². The first-order valence-electron chi connectivity index (χ1n) is 34.4. The molecule has 5 aliphatic heterocycles. The highest BCUT2D eigenvalue weighted by molar-refractivity contribution is 5.93. The van der Waals surface area contributed by atoms with E-state index >= 15 is 0 Å². The lowest BCUT2D eigenvalue weighted by Crippen LogP contribution is -2.33. The average Bonchev–Trinajstić information content (AvgIpc) is 3.79. The van der Waals surface area contributed by atoms with Crippen LogP contribution in [0.3, 0.4) is 0 Å². The molecule has 5 aliphatic rings. The van der Waals surface area contributed by atoms with Gasteiger partial charge in [0.1, 0.15) is 6.61 Å². The summed E-state index contributed by atoms with van der Waals surface area (Å²) in [5.74, 6) is -5.26. The van der Waals surface area contributed by atoms with E-state index in [9.17, 15) is 47.9 Å². The van der Waals surface area contributed by atoms with Crippen molar-refractivity contribution >= 4 is 59.7 Å². The minimum absolute atomic E-state index is 0.365. The van der Waals surface area contributed by atoms with Crippen LogP contribution in [-0.4, -0.2) is 251 Å². The molecule has 0 amide bonds. The van der Waals surface area contributed by atoms with Crippen molar-refractivity contribution in [1.82, 2.24) is 24.5 Å². The van der Waals surface area contributed by atoms with Gasteiger partial charge in [0, 0.05) is 73.8 Å². The molecule has 0 saturated carbocycles. The number of unbranched alkanes of at least 4 members (excludes halogenated alkanes) is 6. The van der Waals surface area contributed by atoms with Crippen LogP contribution in [0.4, 0.5) is 0 Å². The molecule has 0 spiro atoms. The van der Waals surface area contributed by atoms with Crippen molar-refractivity contribution < 1.29 is 95.3 Å². The monoisotopic (exact) mass is 1350 g/mol. The van der Waals surface area contributed by atoms with Crippen LogP contribution >= 0.6 is 0 Å². The first-order chi connectivity index (χ1) is 46.1. The number of carbonyl (C=O) groups excluding carboxylic acids is 10. The van der Waals surface area contributed by atoms with Gasteiger partial charge in [-0.1, -0.05) is 44.9 Å². The third kappa shape index (κ3) is 54.1. The SMILES string of the molecule is COC(=O)/C=C/C(=O)OCCCCCCN1CCCCC1.COC(=O)/C=C/C(=O)OCCCCCN1CCCCC1.COC(=O)/C=C/C(=O)OCCCCN1CCCCC1.COC(=O)/C=C/C(=O)OCCCN1CCCCC1.COC(=O)/C=C/C(=O)OCCN1CCCCC1. The van der Waals surface area contributed by atoms with Gasteiger partial charge >= 0.3 is 59.7 Å².